The topological polar surface area (TPSA) is 30.7 Å². The van der Waals surface area contributed by atoms with Gasteiger partial charge in [0.15, 0.2) is 29.1 Å². The van der Waals surface area contributed by atoms with Crippen molar-refractivity contribution in [1.29, 1.82) is 0 Å². The van der Waals surface area contributed by atoms with Gasteiger partial charge < -0.3 is 0 Å². The first-order valence-corrected chi connectivity index (χ1v) is 7.19. The molecular formula is C16H10ClF4N3. The first kappa shape index (κ1) is 16.4. The molecule has 0 bridgehead atoms. The molecule has 0 aliphatic carbocycles. The molecule has 1 heterocycles. The second kappa shape index (κ2) is 5.90. The maximum absolute atomic E-state index is 14.0. The van der Waals surface area contributed by atoms with E-state index in [0.29, 0.717) is 0 Å². The highest BCUT2D eigenvalue weighted by Gasteiger charge is 2.22. The van der Waals surface area contributed by atoms with Crippen LogP contribution >= 0.6 is 11.6 Å². The molecule has 0 aliphatic heterocycles. The van der Waals surface area contributed by atoms with E-state index in [0.717, 1.165) is 6.07 Å². The lowest BCUT2D eigenvalue weighted by Crippen LogP contribution is -2.01. The van der Waals surface area contributed by atoms with Crippen LogP contribution in [0.5, 0.6) is 0 Å². The van der Waals surface area contributed by atoms with Crippen LogP contribution in [0.2, 0.25) is 5.02 Å². The highest BCUT2D eigenvalue weighted by Crippen LogP contribution is 2.32. The van der Waals surface area contributed by atoms with Gasteiger partial charge in [-0.1, -0.05) is 17.7 Å². The third-order valence-corrected chi connectivity index (χ3v) is 3.91. The smallest absolute Gasteiger partial charge is 0.194 e. The lowest BCUT2D eigenvalue weighted by atomic mass is 10.1. The molecule has 3 rings (SSSR count). The van der Waals surface area contributed by atoms with Crippen molar-refractivity contribution in [2.45, 2.75) is 6.92 Å². The number of halogens is 5. The summed E-state index contributed by atoms with van der Waals surface area (Å²) in [7, 11) is 1.47. The monoisotopic (exact) mass is 355 g/mol. The number of hydrogen-bond donors (Lipinski definition) is 0. The Hall–Kier alpha value is -2.41. The van der Waals surface area contributed by atoms with Gasteiger partial charge in [0.1, 0.15) is 5.82 Å². The van der Waals surface area contributed by atoms with Gasteiger partial charge in [-0.3, -0.25) is 0 Å². The highest BCUT2D eigenvalue weighted by atomic mass is 35.5. The Morgan fingerprint density at radius 1 is 1.04 bits per heavy atom. The molecule has 0 unspecified atom stereocenters. The van der Waals surface area contributed by atoms with Crippen molar-refractivity contribution < 1.29 is 17.6 Å². The van der Waals surface area contributed by atoms with E-state index in [1.165, 1.54) is 36.9 Å². The van der Waals surface area contributed by atoms with Gasteiger partial charge in [0.2, 0.25) is 0 Å². The molecule has 3 aromatic rings. The molecule has 24 heavy (non-hydrogen) atoms. The molecule has 0 atom stereocenters. The van der Waals surface area contributed by atoms with Crippen molar-refractivity contribution in [2.24, 2.45) is 7.05 Å². The van der Waals surface area contributed by atoms with E-state index in [1.54, 1.807) is 0 Å². The van der Waals surface area contributed by atoms with Crippen molar-refractivity contribution in [3.63, 3.8) is 0 Å². The van der Waals surface area contributed by atoms with E-state index in [4.69, 9.17) is 11.6 Å². The molecule has 0 radical (unpaired) electrons. The first-order valence-electron chi connectivity index (χ1n) is 6.81. The van der Waals surface area contributed by atoms with Crippen LogP contribution in [0.3, 0.4) is 0 Å². The fraction of sp³-hybridized carbons (Fsp3) is 0.125. The zero-order valence-corrected chi connectivity index (χ0v) is 13.3. The minimum Gasteiger partial charge on any atom is -0.248 e. The molecule has 0 fully saturated rings. The van der Waals surface area contributed by atoms with Crippen molar-refractivity contribution in [3.05, 3.63) is 58.1 Å². The minimum absolute atomic E-state index is 0.0140. The number of aryl methyl sites for hydroxylation is 1. The van der Waals surface area contributed by atoms with Gasteiger partial charge in [-0.05, 0) is 30.7 Å². The van der Waals surface area contributed by atoms with E-state index >= 15 is 0 Å². The van der Waals surface area contributed by atoms with Crippen LogP contribution in [-0.2, 0) is 7.05 Å². The molecule has 0 saturated heterocycles. The zero-order valence-electron chi connectivity index (χ0n) is 12.5. The SMILES string of the molecule is Cc1c(-c2nc(-c3c(F)cccc3Cl)nn2C)cc(F)c(F)c1F. The Balaban J connectivity index is 2.22. The van der Waals surface area contributed by atoms with Gasteiger partial charge in [-0.25, -0.2) is 27.2 Å². The number of rotatable bonds is 2. The van der Waals surface area contributed by atoms with Crippen molar-refractivity contribution in [3.8, 4) is 22.8 Å². The molecule has 0 saturated carbocycles. The Bertz CT molecular complexity index is 933. The third kappa shape index (κ3) is 2.54. The van der Waals surface area contributed by atoms with E-state index in [1.807, 2.05) is 0 Å². The molecular weight excluding hydrogens is 346 g/mol. The van der Waals surface area contributed by atoms with Gasteiger partial charge in [-0.2, -0.15) is 5.10 Å². The molecule has 2 aromatic carbocycles. The first-order chi connectivity index (χ1) is 11.3. The zero-order chi connectivity index (χ0) is 17.6. The maximum Gasteiger partial charge on any atom is 0.194 e. The molecule has 0 amide bonds. The predicted octanol–water partition coefficient (Wildman–Crippen LogP) is 4.67. The van der Waals surface area contributed by atoms with E-state index in [2.05, 4.69) is 10.1 Å². The van der Waals surface area contributed by atoms with Crippen molar-refractivity contribution in [2.75, 3.05) is 0 Å². The Labute approximate surface area is 139 Å². The summed E-state index contributed by atoms with van der Waals surface area (Å²) < 4.78 is 55.8. The molecule has 0 aliphatic rings. The summed E-state index contributed by atoms with van der Waals surface area (Å²) in [6, 6.07) is 4.92. The van der Waals surface area contributed by atoms with Crippen LogP contribution in [0.15, 0.2) is 24.3 Å². The average Bonchev–Trinajstić information content (AvgIpc) is 2.90. The Morgan fingerprint density at radius 2 is 1.75 bits per heavy atom. The summed E-state index contributed by atoms with van der Waals surface area (Å²) in [5.74, 6) is -4.83. The number of benzene rings is 2. The van der Waals surface area contributed by atoms with Crippen LogP contribution in [0.25, 0.3) is 22.8 Å². The van der Waals surface area contributed by atoms with Gasteiger partial charge in [0, 0.05) is 12.6 Å². The standard InChI is InChI=1S/C16H10ClF4N3/c1-7-8(6-11(19)14(21)13(7)20)16-22-15(23-24(16)2)12-9(17)4-3-5-10(12)18/h3-6H,1-2H3. The summed E-state index contributed by atoms with van der Waals surface area (Å²) in [5.41, 5.74) is -0.141. The second-order valence-electron chi connectivity index (χ2n) is 5.14. The van der Waals surface area contributed by atoms with Crippen molar-refractivity contribution >= 4 is 11.6 Å². The normalized spacial score (nSPS) is 11.1. The van der Waals surface area contributed by atoms with E-state index in [-0.39, 0.29) is 33.4 Å². The second-order valence-corrected chi connectivity index (χ2v) is 5.55. The predicted molar refractivity (Wildman–Crippen MR) is 81.5 cm³/mol. The fourth-order valence-electron chi connectivity index (χ4n) is 2.35. The summed E-state index contributed by atoms with van der Waals surface area (Å²) in [6.45, 7) is 1.29. The lowest BCUT2D eigenvalue weighted by Gasteiger charge is -2.07. The lowest BCUT2D eigenvalue weighted by molar-refractivity contribution is 0.444. The molecule has 1 aromatic heterocycles. The van der Waals surface area contributed by atoms with Crippen LogP contribution < -0.4 is 0 Å². The Morgan fingerprint density at radius 3 is 2.42 bits per heavy atom. The largest absolute Gasteiger partial charge is 0.248 e. The van der Waals surface area contributed by atoms with E-state index in [9.17, 15) is 17.6 Å². The van der Waals surface area contributed by atoms with Crippen LogP contribution in [0.4, 0.5) is 17.6 Å². The number of aromatic nitrogens is 3. The molecule has 124 valence electrons. The number of nitrogens with zero attached hydrogens (tertiary/aromatic N) is 3. The summed E-state index contributed by atoms with van der Waals surface area (Å²) in [4.78, 5) is 4.12. The van der Waals surface area contributed by atoms with Gasteiger partial charge in [0.25, 0.3) is 0 Å². The highest BCUT2D eigenvalue weighted by molar-refractivity contribution is 6.33. The summed E-state index contributed by atoms with van der Waals surface area (Å²) >= 11 is 5.98. The van der Waals surface area contributed by atoms with Crippen LogP contribution in [-0.4, -0.2) is 14.8 Å². The summed E-state index contributed by atoms with van der Waals surface area (Å²) in [5, 5.41) is 4.14. The van der Waals surface area contributed by atoms with Gasteiger partial charge in [-0.15, -0.1) is 0 Å². The maximum atomic E-state index is 14.0. The molecule has 0 spiro atoms. The summed E-state index contributed by atoms with van der Waals surface area (Å²) in [6.07, 6.45) is 0. The van der Waals surface area contributed by atoms with E-state index < -0.39 is 23.3 Å². The molecule has 0 N–H and O–H groups in total. The Kier molecular flexibility index (Phi) is 4.04. The number of hydrogen-bond acceptors (Lipinski definition) is 2. The van der Waals surface area contributed by atoms with Gasteiger partial charge in [0.05, 0.1) is 10.6 Å². The van der Waals surface area contributed by atoms with Crippen molar-refractivity contribution in [1.82, 2.24) is 14.8 Å². The third-order valence-electron chi connectivity index (χ3n) is 3.60. The van der Waals surface area contributed by atoms with Crippen LogP contribution in [0.1, 0.15) is 5.56 Å². The average molecular weight is 356 g/mol. The molecule has 8 heteroatoms. The minimum atomic E-state index is -1.56. The quantitative estimate of drug-likeness (QED) is 0.494. The van der Waals surface area contributed by atoms with Crippen LogP contribution in [0, 0.1) is 30.2 Å². The molecule has 3 nitrogen and oxygen atoms in total. The van der Waals surface area contributed by atoms with Gasteiger partial charge >= 0.3 is 0 Å². The fourth-order valence-corrected chi connectivity index (χ4v) is 2.60.